The second kappa shape index (κ2) is 4.63. The summed E-state index contributed by atoms with van der Waals surface area (Å²) in [5.41, 5.74) is 5.79. The molecule has 1 unspecified atom stereocenters. The molecular weight excluding hydrogens is 244 g/mol. The normalized spacial score (nSPS) is 42.3. The number of carbonyl (C=O) groups is 1. The molecule has 0 saturated carbocycles. The molecule has 2 aliphatic rings. The number of amides is 1. The lowest BCUT2D eigenvalue weighted by Gasteiger charge is -2.38. The van der Waals surface area contributed by atoms with Crippen LogP contribution in [0.25, 0.3) is 0 Å². The molecule has 0 aromatic carbocycles. The van der Waals surface area contributed by atoms with Crippen molar-refractivity contribution in [2.24, 2.45) is 5.73 Å². The quantitative estimate of drug-likeness (QED) is 0.493. The SMILES string of the molecule is CC1(C)O[C@@H]2[C@H](O1)[C@@H](N)C(O)O[C@@H]2CNC(=O)O. The van der Waals surface area contributed by atoms with Crippen LogP contribution in [0.5, 0.6) is 0 Å². The van der Waals surface area contributed by atoms with Gasteiger partial charge in [-0.25, -0.2) is 4.79 Å². The molecule has 8 nitrogen and oxygen atoms in total. The molecule has 1 amide bonds. The van der Waals surface area contributed by atoms with Gasteiger partial charge in [0.25, 0.3) is 0 Å². The topological polar surface area (TPSA) is 123 Å². The fourth-order valence-electron chi connectivity index (χ4n) is 2.26. The molecule has 2 rings (SSSR count). The third-order valence-electron chi connectivity index (χ3n) is 3.01. The van der Waals surface area contributed by atoms with Gasteiger partial charge in [0.2, 0.25) is 0 Å². The average molecular weight is 262 g/mol. The Morgan fingerprint density at radius 2 is 2.00 bits per heavy atom. The molecule has 5 N–H and O–H groups in total. The van der Waals surface area contributed by atoms with Crippen LogP contribution in [0.15, 0.2) is 0 Å². The molecule has 0 aromatic rings. The van der Waals surface area contributed by atoms with Gasteiger partial charge in [0.1, 0.15) is 18.3 Å². The van der Waals surface area contributed by atoms with Crippen LogP contribution < -0.4 is 11.1 Å². The Bertz CT molecular complexity index is 336. The molecule has 0 bridgehead atoms. The summed E-state index contributed by atoms with van der Waals surface area (Å²) in [6.45, 7) is 3.46. The molecule has 8 heteroatoms. The highest BCUT2D eigenvalue weighted by molar-refractivity contribution is 5.64. The van der Waals surface area contributed by atoms with Crippen molar-refractivity contribution in [3.05, 3.63) is 0 Å². The molecule has 104 valence electrons. The van der Waals surface area contributed by atoms with Crippen LogP contribution in [-0.4, -0.2) is 59.3 Å². The van der Waals surface area contributed by atoms with E-state index in [4.69, 9.17) is 25.1 Å². The Morgan fingerprint density at radius 1 is 1.39 bits per heavy atom. The summed E-state index contributed by atoms with van der Waals surface area (Å²) in [6, 6.07) is -0.724. The molecular formula is C10H18N2O6. The van der Waals surface area contributed by atoms with Crippen molar-refractivity contribution in [1.82, 2.24) is 5.32 Å². The number of carboxylic acid groups (broad SMARTS) is 1. The Labute approximate surface area is 104 Å². The number of nitrogens with two attached hydrogens (primary N) is 1. The van der Waals surface area contributed by atoms with Crippen molar-refractivity contribution < 1.29 is 29.2 Å². The molecule has 5 atom stereocenters. The van der Waals surface area contributed by atoms with E-state index in [1.807, 2.05) is 0 Å². The smallest absolute Gasteiger partial charge is 0.404 e. The minimum Gasteiger partial charge on any atom is -0.465 e. The van der Waals surface area contributed by atoms with E-state index >= 15 is 0 Å². The second-order valence-corrected chi connectivity index (χ2v) is 4.89. The standard InChI is InChI=1S/C10H18N2O6/c1-10(2)17-6-4(3-12-9(14)15)16-8(13)5(11)7(6)18-10/h4-8,12-13H,3,11H2,1-2H3,(H,14,15)/t4-,5-,6+,7-,8?/m1/s1. The number of hydrogen-bond donors (Lipinski definition) is 4. The van der Waals surface area contributed by atoms with Crippen molar-refractivity contribution >= 4 is 6.09 Å². The van der Waals surface area contributed by atoms with Gasteiger partial charge in [-0.05, 0) is 13.8 Å². The summed E-state index contributed by atoms with van der Waals surface area (Å²) >= 11 is 0. The van der Waals surface area contributed by atoms with Crippen LogP contribution in [0.4, 0.5) is 4.79 Å². The van der Waals surface area contributed by atoms with E-state index in [1.54, 1.807) is 13.8 Å². The average Bonchev–Trinajstić information content (AvgIpc) is 2.58. The van der Waals surface area contributed by atoms with E-state index in [-0.39, 0.29) is 6.54 Å². The van der Waals surface area contributed by atoms with Gasteiger partial charge in [0.15, 0.2) is 12.1 Å². The number of aliphatic hydroxyl groups is 1. The lowest BCUT2D eigenvalue weighted by molar-refractivity contribution is -0.216. The van der Waals surface area contributed by atoms with E-state index < -0.39 is 42.5 Å². The maximum absolute atomic E-state index is 10.5. The van der Waals surface area contributed by atoms with Crippen LogP contribution in [0.1, 0.15) is 13.8 Å². The monoisotopic (exact) mass is 262 g/mol. The van der Waals surface area contributed by atoms with E-state index in [2.05, 4.69) is 5.32 Å². The lowest BCUT2D eigenvalue weighted by Crippen LogP contribution is -2.61. The third kappa shape index (κ3) is 2.57. The van der Waals surface area contributed by atoms with Crippen molar-refractivity contribution in [3.8, 4) is 0 Å². The third-order valence-corrected chi connectivity index (χ3v) is 3.01. The van der Waals surface area contributed by atoms with Crippen molar-refractivity contribution in [2.75, 3.05) is 6.54 Å². The number of rotatable bonds is 2. The first kappa shape index (κ1) is 13.5. The van der Waals surface area contributed by atoms with Crippen LogP contribution in [0.2, 0.25) is 0 Å². The minimum absolute atomic E-state index is 0.000278. The second-order valence-electron chi connectivity index (χ2n) is 4.89. The van der Waals surface area contributed by atoms with E-state index in [1.165, 1.54) is 0 Å². The number of ether oxygens (including phenoxy) is 3. The molecule has 2 aliphatic heterocycles. The van der Waals surface area contributed by atoms with Crippen LogP contribution in [0, 0.1) is 0 Å². The lowest BCUT2D eigenvalue weighted by atomic mass is 9.97. The van der Waals surface area contributed by atoms with Crippen molar-refractivity contribution in [1.29, 1.82) is 0 Å². The maximum atomic E-state index is 10.5. The largest absolute Gasteiger partial charge is 0.465 e. The Kier molecular flexibility index (Phi) is 3.47. The predicted molar refractivity (Wildman–Crippen MR) is 58.7 cm³/mol. The van der Waals surface area contributed by atoms with E-state index in [9.17, 15) is 9.90 Å². The molecule has 2 heterocycles. The van der Waals surface area contributed by atoms with Gasteiger partial charge in [-0.3, -0.25) is 0 Å². The summed E-state index contributed by atoms with van der Waals surface area (Å²) in [6.07, 6.45) is -4.04. The van der Waals surface area contributed by atoms with Crippen LogP contribution in [-0.2, 0) is 14.2 Å². The number of hydrogen-bond acceptors (Lipinski definition) is 6. The molecule has 0 aromatic heterocycles. The van der Waals surface area contributed by atoms with Gasteiger partial charge in [-0.2, -0.15) is 0 Å². The van der Waals surface area contributed by atoms with Crippen LogP contribution >= 0.6 is 0 Å². The fourth-order valence-corrected chi connectivity index (χ4v) is 2.26. The van der Waals surface area contributed by atoms with Gasteiger partial charge in [-0.15, -0.1) is 0 Å². The molecule has 0 spiro atoms. The Morgan fingerprint density at radius 3 is 2.61 bits per heavy atom. The van der Waals surface area contributed by atoms with Crippen molar-refractivity contribution in [3.63, 3.8) is 0 Å². The highest BCUT2D eigenvalue weighted by atomic mass is 16.8. The molecule has 0 aliphatic carbocycles. The molecule has 0 radical (unpaired) electrons. The fraction of sp³-hybridized carbons (Fsp3) is 0.900. The number of nitrogens with one attached hydrogen (secondary N) is 1. The maximum Gasteiger partial charge on any atom is 0.404 e. The van der Waals surface area contributed by atoms with Crippen molar-refractivity contribution in [2.45, 2.75) is 50.3 Å². The minimum atomic E-state index is -1.20. The summed E-state index contributed by atoms with van der Waals surface area (Å²) in [5.74, 6) is -0.832. The predicted octanol–water partition coefficient (Wildman–Crippen LogP) is -1.18. The van der Waals surface area contributed by atoms with E-state index in [0.29, 0.717) is 0 Å². The Hall–Kier alpha value is -0.930. The van der Waals surface area contributed by atoms with Gasteiger partial charge < -0.3 is 35.5 Å². The van der Waals surface area contributed by atoms with Gasteiger partial charge in [0, 0.05) is 6.54 Å². The zero-order valence-electron chi connectivity index (χ0n) is 10.2. The van der Waals surface area contributed by atoms with Gasteiger partial charge in [-0.1, -0.05) is 0 Å². The van der Waals surface area contributed by atoms with Gasteiger partial charge >= 0.3 is 6.09 Å². The van der Waals surface area contributed by atoms with Gasteiger partial charge in [0.05, 0.1) is 6.04 Å². The van der Waals surface area contributed by atoms with E-state index in [0.717, 1.165) is 0 Å². The zero-order valence-corrected chi connectivity index (χ0v) is 10.2. The first-order valence-corrected chi connectivity index (χ1v) is 5.72. The molecule has 2 fully saturated rings. The first-order valence-electron chi connectivity index (χ1n) is 5.72. The highest BCUT2D eigenvalue weighted by Crippen LogP contribution is 2.36. The number of fused-ring (bicyclic) bond motifs is 1. The summed E-state index contributed by atoms with van der Waals surface area (Å²) < 4.78 is 16.5. The first-order chi connectivity index (χ1) is 8.30. The molecule has 2 saturated heterocycles. The summed E-state index contributed by atoms with van der Waals surface area (Å²) in [4.78, 5) is 10.5. The zero-order chi connectivity index (χ0) is 13.5. The Balaban J connectivity index is 2.09. The van der Waals surface area contributed by atoms with Crippen LogP contribution in [0.3, 0.4) is 0 Å². The summed E-state index contributed by atoms with van der Waals surface area (Å²) in [5, 5.41) is 20.4. The summed E-state index contributed by atoms with van der Waals surface area (Å²) in [7, 11) is 0. The number of aliphatic hydroxyl groups excluding tert-OH is 1. The molecule has 18 heavy (non-hydrogen) atoms. The highest BCUT2D eigenvalue weighted by Gasteiger charge is 2.53.